The second kappa shape index (κ2) is 4.33. The number of aryl methyl sites for hydroxylation is 2. The van der Waals surface area contributed by atoms with E-state index in [4.69, 9.17) is 4.74 Å². The number of esters is 1. The first-order valence-electron chi connectivity index (χ1n) is 7.63. The number of hydrogen-bond acceptors (Lipinski definition) is 3. The summed E-state index contributed by atoms with van der Waals surface area (Å²) in [5, 5.41) is 2.99. The van der Waals surface area contributed by atoms with Gasteiger partial charge in [-0.25, -0.2) is 0 Å². The first-order valence-corrected chi connectivity index (χ1v) is 7.63. The van der Waals surface area contributed by atoms with Gasteiger partial charge in [0.25, 0.3) is 0 Å². The Morgan fingerprint density at radius 1 is 1.24 bits per heavy atom. The van der Waals surface area contributed by atoms with E-state index in [2.05, 4.69) is 5.32 Å². The Labute approximate surface area is 123 Å². The van der Waals surface area contributed by atoms with Crippen LogP contribution in [0.25, 0.3) is 0 Å². The molecule has 4 nitrogen and oxygen atoms in total. The van der Waals surface area contributed by atoms with Gasteiger partial charge in [0.1, 0.15) is 6.10 Å². The van der Waals surface area contributed by atoms with E-state index in [9.17, 15) is 9.59 Å². The first kappa shape index (κ1) is 12.9. The minimum Gasteiger partial charge on any atom is -0.462 e. The fourth-order valence-electron chi connectivity index (χ4n) is 4.41. The van der Waals surface area contributed by atoms with E-state index >= 15 is 0 Å². The molecule has 0 spiro atoms. The summed E-state index contributed by atoms with van der Waals surface area (Å²) >= 11 is 0. The van der Waals surface area contributed by atoms with Crippen LogP contribution in [0, 0.1) is 37.5 Å². The van der Waals surface area contributed by atoms with E-state index in [0.717, 1.165) is 24.1 Å². The molecule has 1 saturated heterocycles. The summed E-state index contributed by atoms with van der Waals surface area (Å²) in [6.45, 7) is 4.08. The highest BCUT2D eigenvalue weighted by Gasteiger charge is 2.63. The highest BCUT2D eigenvalue weighted by Crippen LogP contribution is 2.57. The molecule has 0 radical (unpaired) electrons. The molecule has 2 saturated carbocycles. The molecule has 1 aromatic rings. The molecule has 2 aliphatic carbocycles. The summed E-state index contributed by atoms with van der Waals surface area (Å²) in [7, 11) is 0. The lowest BCUT2D eigenvalue weighted by Gasteiger charge is -2.23. The molecule has 0 aromatic heterocycles. The third kappa shape index (κ3) is 1.81. The van der Waals surface area contributed by atoms with Crippen LogP contribution in [0.3, 0.4) is 0 Å². The number of fused-ring (bicyclic) bond motifs is 1. The molecule has 1 amide bonds. The number of carbonyl (C=O) groups is 2. The van der Waals surface area contributed by atoms with Crippen molar-refractivity contribution in [2.45, 2.75) is 32.8 Å². The van der Waals surface area contributed by atoms with E-state index < -0.39 is 0 Å². The minimum absolute atomic E-state index is 0.0203. The third-order valence-electron chi connectivity index (χ3n) is 5.56. The Balaban J connectivity index is 1.55. The van der Waals surface area contributed by atoms with Crippen LogP contribution in [0.15, 0.2) is 18.2 Å². The van der Waals surface area contributed by atoms with E-state index in [1.165, 1.54) is 5.56 Å². The standard InChI is InChI=1S/C17H19NO3/c1-8-3-4-11(5-9(8)2)18-16(19)14-10-6-12-13(7-10)21-17(20)15(12)14/h3-5,10,12-15H,6-7H2,1-2H3,(H,18,19)/t10-,12-,13-,14-,15+/m1/s1. The number of amides is 1. The second-order valence-electron chi connectivity index (χ2n) is 6.71. The topological polar surface area (TPSA) is 55.4 Å². The fraction of sp³-hybridized carbons (Fsp3) is 0.529. The van der Waals surface area contributed by atoms with Crippen molar-refractivity contribution in [1.29, 1.82) is 0 Å². The fourth-order valence-corrected chi connectivity index (χ4v) is 4.41. The Morgan fingerprint density at radius 2 is 2.05 bits per heavy atom. The van der Waals surface area contributed by atoms with Gasteiger partial charge >= 0.3 is 5.97 Å². The molecule has 3 fully saturated rings. The molecule has 1 N–H and O–H groups in total. The normalized spacial score (nSPS) is 35.9. The zero-order valence-corrected chi connectivity index (χ0v) is 12.3. The average Bonchev–Trinajstić information content (AvgIpc) is 3.04. The largest absolute Gasteiger partial charge is 0.462 e. The quantitative estimate of drug-likeness (QED) is 0.849. The number of rotatable bonds is 2. The number of anilines is 1. The van der Waals surface area contributed by atoms with Crippen molar-refractivity contribution in [3.05, 3.63) is 29.3 Å². The van der Waals surface area contributed by atoms with Gasteiger partial charge in [0, 0.05) is 11.6 Å². The van der Waals surface area contributed by atoms with E-state index in [1.807, 2.05) is 32.0 Å². The van der Waals surface area contributed by atoms with Gasteiger partial charge in [0.15, 0.2) is 0 Å². The Kier molecular flexibility index (Phi) is 2.65. The van der Waals surface area contributed by atoms with Gasteiger partial charge in [-0.1, -0.05) is 6.07 Å². The molecule has 0 unspecified atom stereocenters. The smallest absolute Gasteiger partial charge is 0.310 e. The Bertz CT molecular complexity index is 637. The summed E-state index contributed by atoms with van der Waals surface area (Å²) in [5.74, 6) is -0.0116. The number of hydrogen-bond donors (Lipinski definition) is 1. The molecule has 4 heteroatoms. The van der Waals surface area contributed by atoms with Gasteiger partial charge in [-0.2, -0.15) is 0 Å². The van der Waals surface area contributed by atoms with Crippen LogP contribution in [-0.4, -0.2) is 18.0 Å². The number of benzene rings is 1. The third-order valence-corrected chi connectivity index (χ3v) is 5.56. The summed E-state index contributed by atoms with van der Waals surface area (Å²) in [5.41, 5.74) is 3.17. The lowest BCUT2D eigenvalue weighted by Crippen LogP contribution is -2.35. The highest BCUT2D eigenvalue weighted by molar-refractivity contribution is 5.97. The van der Waals surface area contributed by atoms with Crippen LogP contribution >= 0.6 is 0 Å². The van der Waals surface area contributed by atoms with Crippen LogP contribution in [0.1, 0.15) is 24.0 Å². The van der Waals surface area contributed by atoms with Crippen molar-refractivity contribution in [3.8, 4) is 0 Å². The Morgan fingerprint density at radius 3 is 2.81 bits per heavy atom. The molecule has 21 heavy (non-hydrogen) atoms. The molecule has 5 atom stereocenters. The van der Waals surface area contributed by atoms with Crippen molar-refractivity contribution in [3.63, 3.8) is 0 Å². The molecule has 1 heterocycles. The van der Waals surface area contributed by atoms with Gasteiger partial charge in [-0.3, -0.25) is 9.59 Å². The van der Waals surface area contributed by atoms with Crippen LogP contribution in [0.2, 0.25) is 0 Å². The monoisotopic (exact) mass is 285 g/mol. The van der Waals surface area contributed by atoms with Crippen molar-refractivity contribution in [1.82, 2.24) is 0 Å². The van der Waals surface area contributed by atoms with Crippen LogP contribution in [-0.2, 0) is 14.3 Å². The SMILES string of the molecule is Cc1ccc(NC(=O)[C@@H]2[C@@H]3C[C@H]4[C@@H]2C(=O)O[C@@H]4C3)cc1C. The van der Waals surface area contributed by atoms with E-state index in [-0.39, 0.29) is 35.7 Å². The molecule has 1 aromatic carbocycles. The molecule has 110 valence electrons. The van der Waals surface area contributed by atoms with Gasteiger partial charge < -0.3 is 10.1 Å². The Hall–Kier alpha value is -1.84. The minimum atomic E-state index is -0.208. The molecule has 4 rings (SSSR count). The predicted octanol–water partition coefficient (Wildman–Crippen LogP) is 2.44. The van der Waals surface area contributed by atoms with E-state index in [1.54, 1.807) is 0 Å². The lowest BCUT2D eigenvalue weighted by atomic mass is 9.79. The zero-order valence-electron chi connectivity index (χ0n) is 12.3. The maximum absolute atomic E-state index is 12.6. The van der Waals surface area contributed by atoms with E-state index in [0.29, 0.717) is 5.92 Å². The summed E-state index contributed by atoms with van der Waals surface area (Å²) < 4.78 is 5.39. The summed E-state index contributed by atoms with van der Waals surface area (Å²) in [6.07, 6.45) is 1.91. The van der Waals surface area contributed by atoms with Crippen molar-refractivity contribution < 1.29 is 14.3 Å². The molecule has 2 bridgehead atoms. The van der Waals surface area contributed by atoms with Crippen LogP contribution < -0.4 is 5.32 Å². The summed E-state index contributed by atoms with van der Waals surface area (Å²) in [6, 6.07) is 5.91. The summed E-state index contributed by atoms with van der Waals surface area (Å²) in [4.78, 5) is 24.6. The first-order chi connectivity index (χ1) is 10.0. The average molecular weight is 285 g/mol. The molecule has 1 aliphatic heterocycles. The van der Waals surface area contributed by atoms with Gasteiger partial charge in [-0.05, 0) is 55.9 Å². The van der Waals surface area contributed by atoms with Crippen molar-refractivity contribution in [2.75, 3.05) is 5.32 Å². The maximum Gasteiger partial charge on any atom is 0.310 e. The van der Waals surface area contributed by atoms with Gasteiger partial charge in [0.05, 0.1) is 11.8 Å². The highest BCUT2D eigenvalue weighted by atomic mass is 16.6. The number of carbonyl (C=O) groups excluding carboxylic acids is 2. The van der Waals surface area contributed by atoms with Crippen molar-refractivity contribution >= 4 is 17.6 Å². The number of ether oxygens (including phenoxy) is 1. The number of nitrogens with one attached hydrogen (secondary N) is 1. The zero-order chi connectivity index (χ0) is 14.7. The lowest BCUT2D eigenvalue weighted by molar-refractivity contribution is -0.145. The second-order valence-corrected chi connectivity index (χ2v) is 6.71. The van der Waals surface area contributed by atoms with Gasteiger partial charge in [0.2, 0.25) is 5.91 Å². The molecule has 3 aliphatic rings. The van der Waals surface area contributed by atoms with Crippen LogP contribution in [0.4, 0.5) is 5.69 Å². The molecular weight excluding hydrogens is 266 g/mol. The maximum atomic E-state index is 12.6. The van der Waals surface area contributed by atoms with Crippen molar-refractivity contribution in [2.24, 2.45) is 23.7 Å². The predicted molar refractivity (Wildman–Crippen MR) is 77.6 cm³/mol. The van der Waals surface area contributed by atoms with Gasteiger partial charge in [-0.15, -0.1) is 0 Å². The van der Waals surface area contributed by atoms with Crippen LogP contribution in [0.5, 0.6) is 0 Å². The molecular formula is C17H19NO3.